The molecule has 6 atom stereocenters. The van der Waals surface area contributed by atoms with Gasteiger partial charge in [-0.05, 0) is 69.6 Å². The van der Waals surface area contributed by atoms with Crippen LogP contribution in [0.25, 0.3) is 0 Å². The van der Waals surface area contributed by atoms with E-state index in [1.54, 1.807) is 0 Å². The molecule has 4 aliphatic rings. The lowest BCUT2D eigenvalue weighted by atomic mass is 9.42. The number of esters is 1. The van der Waals surface area contributed by atoms with Crippen molar-refractivity contribution < 1.29 is 9.53 Å². The number of carbonyl (C=O) groups is 1. The van der Waals surface area contributed by atoms with Gasteiger partial charge in [0.2, 0.25) is 0 Å². The molecular formula is C20H30O2. The molecule has 0 unspecified atom stereocenters. The maximum Gasteiger partial charge on any atom is 0.312 e. The van der Waals surface area contributed by atoms with E-state index >= 15 is 0 Å². The first kappa shape index (κ1) is 14.8. The molecule has 0 aromatic rings. The summed E-state index contributed by atoms with van der Waals surface area (Å²) in [4.78, 5) is 12.7. The van der Waals surface area contributed by atoms with Crippen LogP contribution in [0.4, 0.5) is 0 Å². The Hall–Kier alpha value is -0.790. The van der Waals surface area contributed by atoms with Crippen LogP contribution in [0.2, 0.25) is 0 Å². The van der Waals surface area contributed by atoms with Gasteiger partial charge in [0.1, 0.15) is 5.60 Å². The summed E-state index contributed by atoms with van der Waals surface area (Å²) in [7, 11) is 0. The van der Waals surface area contributed by atoms with Crippen molar-refractivity contribution in [1.82, 2.24) is 0 Å². The lowest BCUT2D eigenvalue weighted by Crippen LogP contribution is -2.62. The Kier molecular flexibility index (Phi) is 2.81. The Morgan fingerprint density at radius 2 is 1.91 bits per heavy atom. The summed E-state index contributed by atoms with van der Waals surface area (Å²) in [6, 6.07) is 0. The van der Waals surface area contributed by atoms with Gasteiger partial charge < -0.3 is 4.74 Å². The van der Waals surface area contributed by atoms with Crippen molar-refractivity contribution in [3.63, 3.8) is 0 Å². The fourth-order valence-corrected chi connectivity index (χ4v) is 6.75. The van der Waals surface area contributed by atoms with Gasteiger partial charge in [0.15, 0.2) is 0 Å². The van der Waals surface area contributed by atoms with E-state index in [9.17, 15) is 4.79 Å². The zero-order valence-corrected chi connectivity index (χ0v) is 14.4. The molecule has 0 spiro atoms. The van der Waals surface area contributed by atoms with Gasteiger partial charge >= 0.3 is 5.97 Å². The van der Waals surface area contributed by atoms with E-state index in [0.717, 1.165) is 19.3 Å². The van der Waals surface area contributed by atoms with Crippen molar-refractivity contribution >= 4 is 5.97 Å². The first-order valence-electron chi connectivity index (χ1n) is 9.17. The predicted molar refractivity (Wildman–Crippen MR) is 87.3 cm³/mol. The predicted octanol–water partition coefficient (Wildman–Crippen LogP) is 4.88. The second-order valence-electron chi connectivity index (χ2n) is 9.36. The highest BCUT2D eigenvalue weighted by Crippen LogP contribution is 2.71. The molecule has 2 nitrogen and oxygen atoms in total. The third-order valence-electron chi connectivity index (χ3n) is 8.41. The Balaban J connectivity index is 1.77. The molecule has 3 aliphatic carbocycles. The number of allylic oxidation sites excluding steroid dienone is 1. The number of fused-ring (bicyclic) bond motifs is 1. The van der Waals surface area contributed by atoms with Gasteiger partial charge in [0, 0.05) is 11.3 Å². The first-order valence-corrected chi connectivity index (χ1v) is 9.17. The highest BCUT2D eigenvalue weighted by atomic mass is 16.6. The Labute approximate surface area is 134 Å². The summed E-state index contributed by atoms with van der Waals surface area (Å²) < 4.78 is 6.29. The second-order valence-corrected chi connectivity index (χ2v) is 9.36. The molecule has 4 fully saturated rings. The molecule has 2 heteroatoms. The van der Waals surface area contributed by atoms with Crippen molar-refractivity contribution in [2.45, 2.75) is 77.7 Å². The van der Waals surface area contributed by atoms with Crippen LogP contribution in [-0.4, -0.2) is 11.6 Å². The topological polar surface area (TPSA) is 26.3 Å². The van der Waals surface area contributed by atoms with Crippen LogP contribution in [-0.2, 0) is 9.53 Å². The quantitative estimate of drug-likeness (QED) is 0.509. The highest BCUT2D eigenvalue weighted by Gasteiger charge is 2.73. The monoisotopic (exact) mass is 302 g/mol. The summed E-state index contributed by atoms with van der Waals surface area (Å²) >= 11 is 0. The van der Waals surface area contributed by atoms with E-state index in [2.05, 4.69) is 33.4 Å². The molecule has 0 radical (unpaired) electrons. The van der Waals surface area contributed by atoms with Gasteiger partial charge in [-0.15, -0.1) is 6.58 Å². The second kappa shape index (κ2) is 4.19. The minimum absolute atomic E-state index is 0.105. The van der Waals surface area contributed by atoms with Crippen molar-refractivity contribution in [3.05, 3.63) is 12.7 Å². The molecule has 0 N–H and O–H groups in total. The van der Waals surface area contributed by atoms with E-state index in [0.29, 0.717) is 11.8 Å². The SMILES string of the molecule is C=C[C@]1(C)CC[C@]2(C)[C@H](CC[C@H]3[C@]4(C)CCC[C@@]32OC4=O)C1. The summed E-state index contributed by atoms with van der Waals surface area (Å²) in [5.41, 5.74) is 0.0778. The van der Waals surface area contributed by atoms with Gasteiger partial charge in [-0.25, -0.2) is 0 Å². The summed E-state index contributed by atoms with van der Waals surface area (Å²) in [6.07, 6.45) is 11.5. The highest BCUT2D eigenvalue weighted by molar-refractivity contribution is 5.81. The fraction of sp³-hybridized carbons (Fsp3) is 0.850. The van der Waals surface area contributed by atoms with Crippen LogP contribution in [0.5, 0.6) is 0 Å². The minimum Gasteiger partial charge on any atom is -0.458 e. The molecule has 1 saturated heterocycles. The molecule has 4 rings (SSSR count). The van der Waals surface area contributed by atoms with E-state index < -0.39 is 0 Å². The smallest absolute Gasteiger partial charge is 0.312 e. The molecule has 1 heterocycles. The molecule has 0 aromatic carbocycles. The number of hydrogen-bond acceptors (Lipinski definition) is 2. The Morgan fingerprint density at radius 3 is 2.64 bits per heavy atom. The molecule has 2 bridgehead atoms. The molecule has 0 amide bonds. The number of hydrogen-bond donors (Lipinski definition) is 0. The molecule has 0 aromatic heterocycles. The average molecular weight is 302 g/mol. The zero-order chi connectivity index (χ0) is 15.8. The average Bonchev–Trinajstić information content (AvgIpc) is 2.61. The van der Waals surface area contributed by atoms with E-state index in [-0.39, 0.29) is 27.8 Å². The third-order valence-corrected chi connectivity index (χ3v) is 8.41. The summed E-state index contributed by atoms with van der Waals surface area (Å²) in [5, 5.41) is 0. The van der Waals surface area contributed by atoms with Crippen molar-refractivity contribution in [3.8, 4) is 0 Å². The first-order chi connectivity index (χ1) is 10.3. The van der Waals surface area contributed by atoms with E-state index in [4.69, 9.17) is 4.74 Å². The Morgan fingerprint density at radius 1 is 1.14 bits per heavy atom. The normalized spacial score (nSPS) is 56.8. The maximum absolute atomic E-state index is 12.7. The third kappa shape index (κ3) is 1.50. The summed E-state index contributed by atoms with van der Waals surface area (Å²) in [6.45, 7) is 11.1. The zero-order valence-electron chi connectivity index (χ0n) is 14.4. The molecule has 22 heavy (non-hydrogen) atoms. The van der Waals surface area contributed by atoms with Crippen LogP contribution >= 0.6 is 0 Å². The number of ether oxygens (including phenoxy) is 1. The molecular weight excluding hydrogens is 272 g/mol. The number of carbonyl (C=O) groups excluding carboxylic acids is 1. The van der Waals surface area contributed by atoms with Gasteiger partial charge in [0.05, 0.1) is 5.41 Å². The molecule has 3 saturated carbocycles. The van der Waals surface area contributed by atoms with Gasteiger partial charge in [-0.2, -0.15) is 0 Å². The standard InChI is InChI=1S/C20H30O2/c1-5-17(2)11-12-19(4)14(13-17)7-8-15-18(3)9-6-10-20(15,19)22-16(18)21/h5,14-15H,1,6-13H2,2-4H3/t14-,15+,17-,18+,19-,20-/m1/s1. The molecule has 122 valence electrons. The largest absolute Gasteiger partial charge is 0.458 e. The van der Waals surface area contributed by atoms with Crippen molar-refractivity contribution in [2.75, 3.05) is 0 Å². The van der Waals surface area contributed by atoms with Gasteiger partial charge in [0.25, 0.3) is 0 Å². The van der Waals surface area contributed by atoms with Gasteiger partial charge in [-0.1, -0.05) is 19.9 Å². The lowest BCUT2D eigenvalue weighted by molar-refractivity contribution is -0.202. The van der Waals surface area contributed by atoms with E-state index in [1.807, 2.05) is 0 Å². The van der Waals surface area contributed by atoms with Crippen LogP contribution in [0.1, 0.15) is 72.1 Å². The minimum atomic E-state index is -0.203. The fourth-order valence-electron chi connectivity index (χ4n) is 6.75. The Bertz CT molecular complexity index is 540. The summed E-state index contributed by atoms with van der Waals surface area (Å²) in [5.74, 6) is 1.23. The van der Waals surface area contributed by atoms with Crippen molar-refractivity contribution in [2.24, 2.45) is 28.1 Å². The van der Waals surface area contributed by atoms with Gasteiger partial charge in [-0.3, -0.25) is 4.79 Å². The maximum atomic E-state index is 12.7. The van der Waals surface area contributed by atoms with Crippen LogP contribution in [0, 0.1) is 28.1 Å². The van der Waals surface area contributed by atoms with Crippen LogP contribution < -0.4 is 0 Å². The van der Waals surface area contributed by atoms with Crippen LogP contribution in [0.3, 0.4) is 0 Å². The van der Waals surface area contributed by atoms with Crippen molar-refractivity contribution in [1.29, 1.82) is 0 Å². The van der Waals surface area contributed by atoms with Crippen LogP contribution in [0.15, 0.2) is 12.7 Å². The van der Waals surface area contributed by atoms with E-state index in [1.165, 1.54) is 32.1 Å². The number of rotatable bonds is 1. The molecule has 1 aliphatic heterocycles. The lowest BCUT2D eigenvalue weighted by Gasteiger charge is -2.62.